The third-order valence-corrected chi connectivity index (χ3v) is 2.95. The Labute approximate surface area is 91.3 Å². The average Bonchev–Trinajstić information content (AvgIpc) is 2.98. The largest absolute Gasteiger partial charge is 0.370 e. The molecule has 0 aliphatic heterocycles. The SMILES string of the molecule is CCNc1nc(CC2CC2)nc(C)c1C. The van der Waals surface area contributed by atoms with Gasteiger partial charge in [0.15, 0.2) is 0 Å². The first-order chi connectivity index (χ1) is 7.20. The molecule has 1 aromatic rings. The smallest absolute Gasteiger partial charge is 0.132 e. The summed E-state index contributed by atoms with van der Waals surface area (Å²) in [6.45, 7) is 7.15. The molecule has 15 heavy (non-hydrogen) atoms. The zero-order valence-electron chi connectivity index (χ0n) is 9.80. The summed E-state index contributed by atoms with van der Waals surface area (Å²) in [4.78, 5) is 9.13. The van der Waals surface area contributed by atoms with Crippen LogP contribution in [0.3, 0.4) is 0 Å². The zero-order valence-corrected chi connectivity index (χ0v) is 9.80. The van der Waals surface area contributed by atoms with Crippen molar-refractivity contribution >= 4 is 5.82 Å². The average molecular weight is 205 g/mol. The molecule has 3 nitrogen and oxygen atoms in total. The fourth-order valence-electron chi connectivity index (χ4n) is 1.70. The van der Waals surface area contributed by atoms with Crippen molar-refractivity contribution in [2.75, 3.05) is 11.9 Å². The van der Waals surface area contributed by atoms with Crippen LogP contribution < -0.4 is 5.32 Å². The van der Waals surface area contributed by atoms with Crippen LogP contribution in [0.25, 0.3) is 0 Å². The highest BCUT2D eigenvalue weighted by molar-refractivity contribution is 5.45. The van der Waals surface area contributed by atoms with Crippen LogP contribution >= 0.6 is 0 Å². The molecule has 0 amide bonds. The van der Waals surface area contributed by atoms with Gasteiger partial charge in [0.25, 0.3) is 0 Å². The zero-order chi connectivity index (χ0) is 10.8. The molecule has 0 aromatic carbocycles. The van der Waals surface area contributed by atoms with Crippen molar-refractivity contribution in [3.05, 3.63) is 17.1 Å². The molecule has 0 radical (unpaired) electrons. The van der Waals surface area contributed by atoms with Crippen molar-refractivity contribution in [2.45, 2.75) is 40.0 Å². The Hall–Kier alpha value is -1.12. The summed E-state index contributed by atoms with van der Waals surface area (Å²) in [5.41, 5.74) is 2.29. The molecule has 1 fully saturated rings. The molecule has 1 aliphatic carbocycles. The minimum absolute atomic E-state index is 0.849. The first-order valence-corrected chi connectivity index (χ1v) is 5.78. The molecule has 3 heteroatoms. The Morgan fingerprint density at radius 2 is 2.00 bits per heavy atom. The lowest BCUT2D eigenvalue weighted by molar-refractivity contribution is 0.761. The summed E-state index contributed by atoms with van der Waals surface area (Å²) in [7, 11) is 0. The van der Waals surface area contributed by atoms with E-state index in [0.29, 0.717) is 0 Å². The van der Waals surface area contributed by atoms with Crippen molar-refractivity contribution in [2.24, 2.45) is 5.92 Å². The topological polar surface area (TPSA) is 37.8 Å². The van der Waals surface area contributed by atoms with E-state index >= 15 is 0 Å². The van der Waals surface area contributed by atoms with Gasteiger partial charge in [-0.05, 0) is 39.5 Å². The van der Waals surface area contributed by atoms with Crippen LogP contribution in [0.1, 0.15) is 36.8 Å². The Balaban J connectivity index is 2.23. The van der Waals surface area contributed by atoms with Crippen molar-refractivity contribution < 1.29 is 0 Å². The predicted molar refractivity (Wildman–Crippen MR) is 62.1 cm³/mol. The van der Waals surface area contributed by atoms with Crippen LogP contribution in [0.4, 0.5) is 5.82 Å². The highest BCUT2D eigenvalue weighted by atomic mass is 15.0. The van der Waals surface area contributed by atoms with Crippen molar-refractivity contribution in [1.82, 2.24) is 9.97 Å². The second-order valence-corrected chi connectivity index (χ2v) is 4.38. The monoisotopic (exact) mass is 205 g/mol. The predicted octanol–water partition coefficient (Wildman–Crippen LogP) is 2.48. The number of hydrogen-bond acceptors (Lipinski definition) is 3. The van der Waals surface area contributed by atoms with Gasteiger partial charge < -0.3 is 5.32 Å². The summed E-state index contributed by atoms with van der Waals surface area (Å²) in [6, 6.07) is 0. The van der Waals surface area contributed by atoms with Crippen LogP contribution in [-0.2, 0) is 6.42 Å². The number of nitrogens with one attached hydrogen (secondary N) is 1. The van der Waals surface area contributed by atoms with Gasteiger partial charge in [0.2, 0.25) is 0 Å². The van der Waals surface area contributed by atoms with Crippen LogP contribution in [0, 0.1) is 19.8 Å². The maximum absolute atomic E-state index is 4.58. The van der Waals surface area contributed by atoms with Crippen LogP contribution in [-0.4, -0.2) is 16.5 Å². The van der Waals surface area contributed by atoms with Crippen LogP contribution in [0.5, 0.6) is 0 Å². The molecule has 1 N–H and O–H groups in total. The number of hydrogen-bond donors (Lipinski definition) is 1. The van der Waals surface area contributed by atoms with E-state index < -0.39 is 0 Å². The molecule has 0 unspecified atom stereocenters. The van der Waals surface area contributed by atoms with Gasteiger partial charge in [-0.25, -0.2) is 9.97 Å². The molecular formula is C12H19N3. The summed E-state index contributed by atoms with van der Waals surface area (Å²) in [5, 5.41) is 3.30. The third-order valence-electron chi connectivity index (χ3n) is 2.95. The van der Waals surface area contributed by atoms with Gasteiger partial charge in [-0.15, -0.1) is 0 Å². The minimum Gasteiger partial charge on any atom is -0.370 e. The van der Waals surface area contributed by atoms with Gasteiger partial charge in [0, 0.05) is 24.2 Å². The van der Waals surface area contributed by atoms with Gasteiger partial charge in [0.1, 0.15) is 11.6 Å². The number of aromatic nitrogens is 2. The number of anilines is 1. The van der Waals surface area contributed by atoms with E-state index in [2.05, 4.69) is 36.1 Å². The molecule has 82 valence electrons. The standard InChI is InChI=1S/C12H19N3/c1-4-13-12-8(2)9(3)14-11(15-12)7-10-5-6-10/h10H,4-7H2,1-3H3,(H,13,14,15). The molecule has 2 rings (SSSR count). The number of rotatable bonds is 4. The van der Waals surface area contributed by atoms with E-state index in [0.717, 1.165) is 36.2 Å². The van der Waals surface area contributed by atoms with Gasteiger partial charge in [0.05, 0.1) is 0 Å². The number of aryl methyl sites for hydroxylation is 1. The minimum atomic E-state index is 0.849. The highest BCUT2D eigenvalue weighted by Crippen LogP contribution is 2.32. The molecule has 1 heterocycles. The molecule has 1 aliphatic rings. The lowest BCUT2D eigenvalue weighted by atomic mass is 10.2. The van der Waals surface area contributed by atoms with E-state index in [1.807, 2.05) is 0 Å². The molecule has 0 saturated heterocycles. The molecule has 0 atom stereocenters. The fraction of sp³-hybridized carbons (Fsp3) is 0.667. The van der Waals surface area contributed by atoms with Gasteiger partial charge >= 0.3 is 0 Å². The fourth-order valence-corrected chi connectivity index (χ4v) is 1.70. The van der Waals surface area contributed by atoms with Gasteiger partial charge in [-0.2, -0.15) is 0 Å². The number of nitrogens with zero attached hydrogens (tertiary/aromatic N) is 2. The third kappa shape index (κ3) is 2.46. The van der Waals surface area contributed by atoms with Crippen LogP contribution in [0.15, 0.2) is 0 Å². The first-order valence-electron chi connectivity index (χ1n) is 5.78. The highest BCUT2D eigenvalue weighted by Gasteiger charge is 2.23. The second-order valence-electron chi connectivity index (χ2n) is 4.38. The quantitative estimate of drug-likeness (QED) is 0.820. The lowest BCUT2D eigenvalue weighted by Gasteiger charge is -2.10. The van der Waals surface area contributed by atoms with Crippen molar-refractivity contribution in [3.8, 4) is 0 Å². The van der Waals surface area contributed by atoms with Crippen molar-refractivity contribution in [1.29, 1.82) is 0 Å². The Morgan fingerprint density at radius 3 is 2.60 bits per heavy atom. The van der Waals surface area contributed by atoms with E-state index in [-0.39, 0.29) is 0 Å². The first kappa shape index (κ1) is 10.4. The Morgan fingerprint density at radius 1 is 1.27 bits per heavy atom. The van der Waals surface area contributed by atoms with E-state index in [1.54, 1.807) is 0 Å². The Kier molecular flexibility index (Phi) is 2.89. The van der Waals surface area contributed by atoms with E-state index in [4.69, 9.17) is 0 Å². The maximum Gasteiger partial charge on any atom is 0.132 e. The molecule has 0 bridgehead atoms. The molecule has 1 saturated carbocycles. The second kappa shape index (κ2) is 4.17. The van der Waals surface area contributed by atoms with Crippen molar-refractivity contribution in [3.63, 3.8) is 0 Å². The van der Waals surface area contributed by atoms with E-state index in [1.165, 1.54) is 18.4 Å². The molecule has 0 spiro atoms. The summed E-state index contributed by atoms with van der Waals surface area (Å²) >= 11 is 0. The van der Waals surface area contributed by atoms with Gasteiger partial charge in [-0.1, -0.05) is 0 Å². The summed E-state index contributed by atoms with van der Waals surface area (Å²) in [6.07, 6.45) is 3.76. The summed E-state index contributed by atoms with van der Waals surface area (Å²) in [5.74, 6) is 2.87. The molecule has 1 aromatic heterocycles. The van der Waals surface area contributed by atoms with E-state index in [9.17, 15) is 0 Å². The normalized spacial score (nSPS) is 15.4. The Bertz CT molecular complexity index is 356. The maximum atomic E-state index is 4.58. The lowest BCUT2D eigenvalue weighted by Crippen LogP contribution is -2.08. The van der Waals surface area contributed by atoms with Gasteiger partial charge in [-0.3, -0.25) is 0 Å². The molecular weight excluding hydrogens is 186 g/mol. The van der Waals surface area contributed by atoms with Crippen LogP contribution in [0.2, 0.25) is 0 Å². The summed E-state index contributed by atoms with van der Waals surface area (Å²) < 4.78 is 0.